The molecule has 0 spiro atoms. The normalized spacial score (nSPS) is 30.3. The lowest BCUT2D eigenvalue weighted by molar-refractivity contribution is -0.164. The molecule has 6 rings (SSSR count). The van der Waals surface area contributed by atoms with Gasteiger partial charge < -0.3 is 10.1 Å². The first-order chi connectivity index (χ1) is 14.2. The maximum atomic E-state index is 12.8. The Morgan fingerprint density at radius 3 is 2.63 bits per heavy atom. The standard InChI is InChI=1S/C23H24F2N2O3/c1-14-2-4-18-15(6-14)3-5-19(26-18)20(29)27-22-11-21(12-22,13-22)8-17(28)10-30-9-16-7-23(16,24)25/h2-6,16H,7-13H2,1H3,(H,27,29)/t16-,21?,22?/m0/s1. The Balaban J connectivity index is 1.10. The quantitative estimate of drug-likeness (QED) is 0.713. The summed E-state index contributed by atoms with van der Waals surface area (Å²) in [5, 5.41) is 4.10. The van der Waals surface area contributed by atoms with Gasteiger partial charge in [-0.05, 0) is 49.8 Å². The molecule has 0 unspecified atom stereocenters. The van der Waals surface area contributed by atoms with Crippen molar-refractivity contribution in [3.05, 3.63) is 41.6 Å². The molecule has 1 N–H and O–H groups in total. The molecule has 0 radical (unpaired) electrons. The van der Waals surface area contributed by atoms with Gasteiger partial charge in [0.15, 0.2) is 5.78 Å². The van der Waals surface area contributed by atoms with E-state index in [-0.39, 0.29) is 42.3 Å². The fourth-order valence-corrected chi connectivity index (χ4v) is 5.23. The van der Waals surface area contributed by atoms with E-state index in [1.807, 2.05) is 31.2 Å². The fourth-order valence-electron chi connectivity index (χ4n) is 5.23. The number of halogens is 2. The lowest BCUT2D eigenvalue weighted by Crippen LogP contribution is -2.75. The molecule has 0 saturated heterocycles. The molecular formula is C23H24F2N2O3. The van der Waals surface area contributed by atoms with Gasteiger partial charge in [0.2, 0.25) is 0 Å². The van der Waals surface area contributed by atoms with Gasteiger partial charge in [0.05, 0.1) is 18.0 Å². The number of aromatic nitrogens is 1. The molecule has 1 aromatic heterocycles. The molecule has 158 valence electrons. The van der Waals surface area contributed by atoms with Gasteiger partial charge in [0, 0.05) is 23.8 Å². The summed E-state index contributed by atoms with van der Waals surface area (Å²) >= 11 is 0. The maximum absolute atomic E-state index is 12.8. The number of fused-ring (bicyclic) bond motifs is 1. The third kappa shape index (κ3) is 3.49. The fraction of sp³-hybridized carbons (Fsp3) is 0.522. The monoisotopic (exact) mass is 414 g/mol. The van der Waals surface area contributed by atoms with Crippen molar-refractivity contribution in [1.82, 2.24) is 10.3 Å². The van der Waals surface area contributed by atoms with Crippen LogP contribution < -0.4 is 5.32 Å². The first-order valence-corrected chi connectivity index (χ1v) is 10.4. The number of aryl methyl sites for hydroxylation is 1. The van der Waals surface area contributed by atoms with Crippen LogP contribution in [0.15, 0.2) is 30.3 Å². The molecule has 2 bridgehead atoms. The molecule has 4 fully saturated rings. The summed E-state index contributed by atoms with van der Waals surface area (Å²) in [4.78, 5) is 29.3. The summed E-state index contributed by atoms with van der Waals surface area (Å²) in [6.45, 7) is 1.86. The number of nitrogens with zero attached hydrogens (tertiary/aromatic N) is 1. The van der Waals surface area contributed by atoms with Gasteiger partial charge in [-0.25, -0.2) is 13.8 Å². The molecule has 1 heterocycles. The minimum atomic E-state index is -2.61. The van der Waals surface area contributed by atoms with Crippen molar-refractivity contribution in [2.45, 2.75) is 50.5 Å². The van der Waals surface area contributed by atoms with Gasteiger partial charge in [-0.3, -0.25) is 9.59 Å². The zero-order valence-electron chi connectivity index (χ0n) is 16.8. The summed E-state index contributed by atoms with van der Waals surface area (Å²) in [6.07, 6.45) is 2.55. The summed E-state index contributed by atoms with van der Waals surface area (Å²) < 4.78 is 30.8. The van der Waals surface area contributed by atoms with Crippen LogP contribution in [-0.2, 0) is 9.53 Å². The largest absolute Gasteiger partial charge is 0.373 e. The minimum Gasteiger partial charge on any atom is -0.373 e. The number of hydrogen-bond acceptors (Lipinski definition) is 4. The zero-order valence-corrected chi connectivity index (χ0v) is 16.8. The molecule has 7 heteroatoms. The first kappa shape index (κ1) is 19.5. The van der Waals surface area contributed by atoms with Crippen molar-refractivity contribution >= 4 is 22.6 Å². The average molecular weight is 414 g/mol. The first-order valence-electron chi connectivity index (χ1n) is 10.4. The predicted octanol–water partition coefficient (Wildman–Crippen LogP) is 3.83. The van der Waals surface area contributed by atoms with Gasteiger partial charge >= 0.3 is 0 Å². The smallest absolute Gasteiger partial charge is 0.270 e. The van der Waals surface area contributed by atoms with Gasteiger partial charge in [0.25, 0.3) is 11.8 Å². The van der Waals surface area contributed by atoms with E-state index in [0.29, 0.717) is 12.1 Å². The molecule has 2 aromatic rings. The van der Waals surface area contributed by atoms with Crippen LogP contribution >= 0.6 is 0 Å². The van der Waals surface area contributed by atoms with E-state index >= 15 is 0 Å². The number of carbonyl (C=O) groups excluding carboxylic acids is 2. The number of rotatable bonds is 8. The predicted molar refractivity (Wildman–Crippen MR) is 106 cm³/mol. The number of ether oxygens (including phenoxy) is 1. The summed E-state index contributed by atoms with van der Waals surface area (Å²) in [5.74, 6) is -3.58. The van der Waals surface area contributed by atoms with E-state index in [2.05, 4.69) is 10.3 Å². The third-order valence-corrected chi connectivity index (χ3v) is 6.71. The molecule has 1 aromatic carbocycles. The Labute approximate surface area is 173 Å². The van der Waals surface area contributed by atoms with Gasteiger partial charge in [-0.15, -0.1) is 0 Å². The molecule has 4 saturated carbocycles. The summed E-state index contributed by atoms with van der Waals surface area (Å²) in [7, 11) is 0. The van der Waals surface area contributed by atoms with E-state index in [1.165, 1.54) is 0 Å². The Kier molecular flexibility index (Phi) is 4.26. The Morgan fingerprint density at radius 2 is 1.93 bits per heavy atom. The lowest BCUT2D eigenvalue weighted by Gasteiger charge is -2.70. The van der Waals surface area contributed by atoms with Crippen LogP contribution in [0.3, 0.4) is 0 Å². The number of alkyl halides is 2. The number of pyridine rings is 1. The topological polar surface area (TPSA) is 68.3 Å². The minimum absolute atomic E-state index is 0.0508. The highest BCUT2D eigenvalue weighted by Gasteiger charge is 2.68. The second kappa shape index (κ2) is 6.54. The highest BCUT2D eigenvalue weighted by molar-refractivity contribution is 5.95. The van der Waals surface area contributed by atoms with Gasteiger partial charge in [0.1, 0.15) is 12.3 Å². The number of ketones is 1. The second-order valence-electron chi connectivity index (χ2n) is 9.55. The SMILES string of the molecule is Cc1ccc2nc(C(=O)NC34CC(CC(=O)COC[C@@H]5CC5(F)F)(C3)C4)ccc2c1. The van der Waals surface area contributed by atoms with Gasteiger partial charge in [-0.1, -0.05) is 17.7 Å². The molecule has 30 heavy (non-hydrogen) atoms. The van der Waals surface area contributed by atoms with E-state index in [0.717, 1.165) is 35.7 Å². The van der Waals surface area contributed by atoms with Crippen molar-refractivity contribution in [3.63, 3.8) is 0 Å². The number of nitrogens with one attached hydrogen (secondary N) is 1. The zero-order chi connectivity index (χ0) is 21.1. The van der Waals surface area contributed by atoms with E-state index < -0.39 is 11.8 Å². The van der Waals surface area contributed by atoms with Crippen LogP contribution in [0.5, 0.6) is 0 Å². The van der Waals surface area contributed by atoms with Crippen LogP contribution in [0, 0.1) is 18.3 Å². The van der Waals surface area contributed by atoms with Crippen molar-refractivity contribution in [3.8, 4) is 0 Å². The number of hydrogen-bond donors (Lipinski definition) is 1. The van der Waals surface area contributed by atoms with Crippen molar-refractivity contribution in [1.29, 1.82) is 0 Å². The highest BCUT2D eigenvalue weighted by Crippen LogP contribution is 2.69. The van der Waals surface area contributed by atoms with Crippen LogP contribution in [0.2, 0.25) is 0 Å². The Bertz CT molecular complexity index is 1030. The van der Waals surface area contributed by atoms with E-state index in [1.54, 1.807) is 6.07 Å². The van der Waals surface area contributed by atoms with Crippen molar-refractivity contribution in [2.24, 2.45) is 11.3 Å². The number of amides is 1. The lowest BCUT2D eigenvalue weighted by atomic mass is 9.38. The maximum Gasteiger partial charge on any atom is 0.270 e. The van der Waals surface area contributed by atoms with Crippen LogP contribution in [-0.4, -0.2) is 41.3 Å². The Hall–Kier alpha value is -2.41. The molecule has 0 aliphatic heterocycles. The molecule has 1 atom stereocenters. The molecule has 1 amide bonds. The molecule has 4 aliphatic rings. The molecular weight excluding hydrogens is 390 g/mol. The highest BCUT2D eigenvalue weighted by atomic mass is 19.3. The van der Waals surface area contributed by atoms with Crippen LogP contribution in [0.25, 0.3) is 10.9 Å². The number of Topliss-reactive ketones (excluding diaryl/α,β-unsaturated/α-hetero) is 1. The van der Waals surface area contributed by atoms with Crippen molar-refractivity contribution in [2.75, 3.05) is 13.2 Å². The van der Waals surface area contributed by atoms with Crippen LogP contribution in [0.4, 0.5) is 8.78 Å². The molecule has 5 nitrogen and oxygen atoms in total. The number of benzene rings is 1. The molecule has 4 aliphatic carbocycles. The summed E-state index contributed by atoms with van der Waals surface area (Å²) in [5.41, 5.74) is 2.03. The van der Waals surface area contributed by atoms with E-state index in [4.69, 9.17) is 4.74 Å². The van der Waals surface area contributed by atoms with Gasteiger partial charge in [-0.2, -0.15) is 0 Å². The second-order valence-corrected chi connectivity index (χ2v) is 9.55. The Morgan fingerprint density at radius 1 is 1.20 bits per heavy atom. The third-order valence-electron chi connectivity index (χ3n) is 6.71. The summed E-state index contributed by atoms with van der Waals surface area (Å²) in [6, 6.07) is 9.56. The average Bonchev–Trinajstić information content (AvgIpc) is 3.24. The number of carbonyl (C=O) groups is 2. The van der Waals surface area contributed by atoms with Crippen molar-refractivity contribution < 1.29 is 23.1 Å². The van der Waals surface area contributed by atoms with Crippen LogP contribution in [0.1, 0.15) is 48.2 Å². The van der Waals surface area contributed by atoms with E-state index in [9.17, 15) is 18.4 Å².